The molecule has 0 aromatic heterocycles. The Hall–Kier alpha value is -0.650. The fraction of sp³-hybridized carbons (Fsp3) is 0.917. The SMILES string of the molecule is COC(=O)C1CN(CCC(C)(C)OC)CCO1. The van der Waals surface area contributed by atoms with Gasteiger partial charge in [-0.05, 0) is 20.3 Å². The number of hydrogen-bond acceptors (Lipinski definition) is 5. The van der Waals surface area contributed by atoms with Gasteiger partial charge < -0.3 is 14.2 Å². The van der Waals surface area contributed by atoms with Crippen molar-refractivity contribution in [1.82, 2.24) is 4.90 Å². The largest absolute Gasteiger partial charge is 0.467 e. The number of rotatable bonds is 5. The van der Waals surface area contributed by atoms with Crippen LogP contribution in [0, 0.1) is 0 Å². The lowest BCUT2D eigenvalue weighted by Crippen LogP contribution is -2.47. The Morgan fingerprint density at radius 2 is 2.18 bits per heavy atom. The van der Waals surface area contributed by atoms with Crippen molar-refractivity contribution in [1.29, 1.82) is 0 Å². The molecule has 1 aliphatic rings. The molecule has 1 fully saturated rings. The number of carbonyl (C=O) groups excluding carboxylic acids is 1. The molecule has 1 aliphatic heterocycles. The standard InChI is InChI=1S/C12H23NO4/c1-12(2,16-4)5-6-13-7-8-17-10(9-13)11(14)15-3/h10H,5-9H2,1-4H3. The van der Waals surface area contributed by atoms with Crippen molar-refractivity contribution in [3.63, 3.8) is 0 Å². The molecule has 5 heteroatoms. The van der Waals surface area contributed by atoms with E-state index >= 15 is 0 Å². The van der Waals surface area contributed by atoms with Crippen LogP contribution in [0.4, 0.5) is 0 Å². The van der Waals surface area contributed by atoms with Crippen molar-refractivity contribution in [3.8, 4) is 0 Å². The molecule has 1 rings (SSSR count). The Morgan fingerprint density at radius 1 is 1.47 bits per heavy atom. The zero-order chi connectivity index (χ0) is 12.9. The summed E-state index contributed by atoms with van der Waals surface area (Å²) in [5, 5.41) is 0. The second-order valence-corrected chi connectivity index (χ2v) is 4.90. The molecule has 0 spiro atoms. The molecule has 0 aliphatic carbocycles. The molecule has 17 heavy (non-hydrogen) atoms. The van der Waals surface area contributed by atoms with E-state index in [1.54, 1.807) is 7.11 Å². The van der Waals surface area contributed by atoms with E-state index in [-0.39, 0.29) is 11.6 Å². The molecule has 0 radical (unpaired) electrons. The van der Waals surface area contributed by atoms with Gasteiger partial charge in [-0.3, -0.25) is 4.90 Å². The van der Waals surface area contributed by atoms with Crippen LogP contribution in [0.15, 0.2) is 0 Å². The van der Waals surface area contributed by atoms with Gasteiger partial charge in [-0.15, -0.1) is 0 Å². The fourth-order valence-corrected chi connectivity index (χ4v) is 1.71. The first-order valence-electron chi connectivity index (χ1n) is 5.95. The number of methoxy groups -OCH3 is 2. The van der Waals surface area contributed by atoms with Crippen LogP contribution in [0.1, 0.15) is 20.3 Å². The molecule has 5 nitrogen and oxygen atoms in total. The summed E-state index contributed by atoms with van der Waals surface area (Å²) in [5.41, 5.74) is -0.126. The van der Waals surface area contributed by atoms with Gasteiger partial charge in [-0.1, -0.05) is 0 Å². The molecular formula is C12H23NO4. The lowest BCUT2D eigenvalue weighted by Gasteiger charge is -2.33. The number of ether oxygens (including phenoxy) is 3. The number of nitrogens with zero attached hydrogens (tertiary/aromatic N) is 1. The highest BCUT2D eigenvalue weighted by molar-refractivity contribution is 5.74. The van der Waals surface area contributed by atoms with Gasteiger partial charge in [0.2, 0.25) is 0 Å². The summed E-state index contributed by atoms with van der Waals surface area (Å²) in [5.74, 6) is -0.291. The highest BCUT2D eigenvalue weighted by Crippen LogP contribution is 2.15. The second kappa shape index (κ2) is 6.33. The maximum Gasteiger partial charge on any atom is 0.336 e. The van der Waals surface area contributed by atoms with E-state index in [2.05, 4.69) is 23.5 Å². The average molecular weight is 245 g/mol. The third kappa shape index (κ3) is 4.61. The molecule has 1 heterocycles. The minimum Gasteiger partial charge on any atom is -0.467 e. The first kappa shape index (κ1) is 14.4. The second-order valence-electron chi connectivity index (χ2n) is 4.90. The number of esters is 1. The summed E-state index contributed by atoms with van der Waals surface area (Å²) in [4.78, 5) is 13.6. The predicted molar refractivity (Wildman–Crippen MR) is 63.9 cm³/mol. The minimum atomic E-state index is -0.445. The molecule has 0 amide bonds. The van der Waals surface area contributed by atoms with Gasteiger partial charge in [0, 0.05) is 26.7 Å². The summed E-state index contributed by atoms with van der Waals surface area (Å²) >= 11 is 0. The van der Waals surface area contributed by atoms with Gasteiger partial charge in [-0.2, -0.15) is 0 Å². The van der Waals surface area contributed by atoms with Crippen molar-refractivity contribution in [2.45, 2.75) is 32.0 Å². The fourth-order valence-electron chi connectivity index (χ4n) is 1.71. The molecule has 0 aromatic carbocycles. The highest BCUT2D eigenvalue weighted by atomic mass is 16.6. The Bertz CT molecular complexity index is 255. The average Bonchev–Trinajstić information content (AvgIpc) is 2.36. The highest BCUT2D eigenvalue weighted by Gasteiger charge is 2.28. The first-order valence-corrected chi connectivity index (χ1v) is 5.95. The molecule has 0 N–H and O–H groups in total. The first-order chi connectivity index (χ1) is 7.98. The van der Waals surface area contributed by atoms with Gasteiger partial charge in [0.1, 0.15) is 0 Å². The quantitative estimate of drug-likeness (QED) is 0.666. The van der Waals surface area contributed by atoms with Crippen molar-refractivity contribution >= 4 is 5.97 Å². The Labute approximate surface area is 103 Å². The van der Waals surface area contributed by atoms with Crippen LogP contribution in [0.5, 0.6) is 0 Å². The van der Waals surface area contributed by atoms with Gasteiger partial charge >= 0.3 is 5.97 Å². The van der Waals surface area contributed by atoms with E-state index in [1.165, 1.54) is 7.11 Å². The van der Waals surface area contributed by atoms with Crippen molar-refractivity contribution in [3.05, 3.63) is 0 Å². The third-order valence-electron chi connectivity index (χ3n) is 3.20. The molecular weight excluding hydrogens is 222 g/mol. The molecule has 1 unspecified atom stereocenters. The normalized spacial score (nSPS) is 22.5. The van der Waals surface area contributed by atoms with Crippen LogP contribution < -0.4 is 0 Å². The Morgan fingerprint density at radius 3 is 2.76 bits per heavy atom. The molecule has 1 saturated heterocycles. The number of morpholine rings is 1. The molecule has 0 aromatic rings. The van der Waals surface area contributed by atoms with Crippen molar-refractivity contribution < 1.29 is 19.0 Å². The summed E-state index contributed by atoms with van der Waals surface area (Å²) < 4.78 is 15.4. The molecule has 0 saturated carbocycles. The van der Waals surface area contributed by atoms with Crippen molar-refractivity contribution in [2.24, 2.45) is 0 Å². The summed E-state index contributed by atoms with van der Waals surface area (Å²) in [7, 11) is 3.11. The molecule has 0 bridgehead atoms. The van der Waals surface area contributed by atoms with E-state index in [0.29, 0.717) is 13.2 Å². The predicted octanol–water partition coefficient (Wildman–Crippen LogP) is 0.675. The van der Waals surface area contributed by atoms with E-state index in [9.17, 15) is 4.79 Å². The number of hydrogen-bond donors (Lipinski definition) is 0. The molecule has 100 valence electrons. The van der Waals surface area contributed by atoms with Crippen LogP contribution >= 0.6 is 0 Å². The van der Waals surface area contributed by atoms with Gasteiger partial charge in [0.25, 0.3) is 0 Å². The van der Waals surface area contributed by atoms with E-state index in [0.717, 1.165) is 19.5 Å². The topological polar surface area (TPSA) is 48.0 Å². The van der Waals surface area contributed by atoms with Crippen LogP contribution in [-0.4, -0.2) is 63.0 Å². The minimum absolute atomic E-state index is 0.126. The summed E-state index contributed by atoms with van der Waals surface area (Å²) in [6, 6.07) is 0. The van der Waals surface area contributed by atoms with Gasteiger partial charge in [0.15, 0.2) is 6.10 Å². The monoisotopic (exact) mass is 245 g/mol. The van der Waals surface area contributed by atoms with E-state index < -0.39 is 6.10 Å². The Balaban J connectivity index is 2.37. The smallest absolute Gasteiger partial charge is 0.336 e. The van der Waals surface area contributed by atoms with Crippen molar-refractivity contribution in [2.75, 3.05) is 40.5 Å². The maximum absolute atomic E-state index is 11.4. The zero-order valence-corrected chi connectivity index (χ0v) is 11.2. The van der Waals surface area contributed by atoms with E-state index in [4.69, 9.17) is 9.47 Å². The van der Waals surface area contributed by atoms with Gasteiger partial charge in [0.05, 0.1) is 19.3 Å². The van der Waals surface area contributed by atoms with Crippen LogP contribution in [0.3, 0.4) is 0 Å². The third-order valence-corrected chi connectivity index (χ3v) is 3.20. The number of carbonyl (C=O) groups is 1. The summed E-state index contributed by atoms with van der Waals surface area (Å²) in [6.07, 6.45) is 0.483. The van der Waals surface area contributed by atoms with E-state index in [1.807, 2.05) is 0 Å². The lowest BCUT2D eigenvalue weighted by molar-refractivity contribution is -0.160. The Kier molecular flexibility index (Phi) is 5.36. The maximum atomic E-state index is 11.4. The van der Waals surface area contributed by atoms with Crippen LogP contribution in [-0.2, 0) is 19.0 Å². The van der Waals surface area contributed by atoms with Crippen LogP contribution in [0.2, 0.25) is 0 Å². The van der Waals surface area contributed by atoms with Gasteiger partial charge in [-0.25, -0.2) is 4.79 Å². The van der Waals surface area contributed by atoms with Crippen LogP contribution in [0.25, 0.3) is 0 Å². The molecule has 1 atom stereocenters. The summed E-state index contributed by atoms with van der Waals surface area (Å²) in [6.45, 7) is 7.06. The zero-order valence-electron chi connectivity index (χ0n) is 11.2. The lowest BCUT2D eigenvalue weighted by atomic mass is 10.0.